The van der Waals surface area contributed by atoms with E-state index in [9.17, 15) is 0 Å². The molecule has 4 nitrogen and oxygen atoms in total. The van der Waals surface area contributed by atoms with Crippen molar-refractivity contribution in [3.8, 4) is 0 Å². The molecule has 0 saturated heterocycles. The SMILES string of the molecule is Cc1oc2c(c(C)cc3o/c(=N\N)c4c(c32)CCC4)c1C. The minimum atomic E-state index is 0.564. The van der Waals surface area contributed by atoms with Crippen molar-refractivity contribution in [2.45, 2.75) is 40.0 Å². The summed E-state index contributed by atoms with van der Waals surface area (Å²) in [6, 6.07) is 2.08. The van der Waals surface area contributed by atoms with Crippen LogP contribution in [0.4, 0.5) is 0 Å². The number of rotatable bonds is 0. The summed E-state index contributed by atoms with van der Waals surface area (Å²) in [6.45, 7) is 6.22. The van der Waals surface area contributed by atoms with Crippen molar-refractivity contribution < 1.29 is 8.83 Å². The van der Waals surface area contributed by atoms with Crippen molar-refractivity contribution in [3.63, 3.8) is 0 Å². The third kappa shape index (κ3) is 1.53. The molecule has 0 radical (unpaired) electrons. The van der Waals surface area contributed by atoms with Crippen LogP contribution in [0.25, 0.3) is 21.9 Å². The molecule has 2 aromatic heterocycles. The van der Waals surface area contributed by atoms with Gasteiger partial charge in [-0.1, -0.05) is 0 Å². The second kappa shape index (κ2) is 4.13. The van der Waals surface area contributed by atoms with Crippen LogP contribution in [0.1, 0.15) is 34.4 Å². The average Bonchev–Trinajstić information content (AvgIpc) is 3.04. The number of hydrogen-bond donors (Lipinski definition) is 1. The number of benzene rings is 1. The van der Waals surface area contributed by atoms with Gasteiger partial charge in [0.05, 0.1) is 5.39 Å². The number of aryl methyl sites for hydroxylation is 4. The van der Waals surface area contributed by atoms with E-state index in [2.05, 4.69) is 25.0 Å². The molecule has 2 heterocycles. The number of nitrogens with two attached hydrogens (primary N) is 1. The quantitative estimate of drug-likeness (QED) is 0.508. The fraction of sp³-hybridized carbons (Fsp3) is 0.353. The van der Waals surface area contributed by atoms with Crippen LogP contribution in [0.3, 0.4) is 0 Å². The van der Waals surface area contributed by atoms with E-state index in [0.29, 0.717) is 5.55 Å². The van der Waals surface area contributed by atoms with Crippen LogP contribution in [-0.4, -0.2) is 0 Å². The van der Waals surface area contributed by atoms with Crippen LogP contribution in [0.15, 0.2) is 20.0 Å². The Labute approximate surface area is 122 Å². The van der Waals surface area contributed by atoms with Gasteiger partial charge in [0.1, 0.15) is 16.9 Å². The molecule has 3 aromatic rings. The first-order valence-electron chi connectivity index (χ1n) is 7.33. The number of furan rings is 1. The van der Waals surface area contributed by atoms with Gasteiger partial charge in [0, 0.05) is 10.9 Å². The topological polar surface area (TPSA) is 64.7 Å². The molecule has 4 rings (SSSR count). The Morgan fingerprint density at radius 1 is 1.05 bits per heavy atom. The number of fused-ring (bicyclic) bond motifs is 5. The summed E-state index contributed by atoms with van der Waals surface area (Å²) in [7, 11) is 0. The maximum absolute atomic E-state index is 6.07. The fourth-order valence-corrected chi connectivity index (χ4v) is 3.62. The first-order valence-corrected chi connectivity index (χ1v) is 7.33. The van der Waals surface area contributed by atoms with Crippen LogP contribution < -0.4 is 11.4 Å². The van der Waals surface area contributed by atoms with Crippen molar-refractivity contribution in [2.24, 2.45) is 10.9 Å². The van der Waals surface area contributed by atoms with Gasteiger partial charge in [0.15, 0.2) is 0 Å². The largest absolute Gasteiger partial charge is 0.460 e. The van der Waals surface area contributed by atoms with Crippen LogP contribution in [0, 0.1) is 20.8 Å². The molecule has 4 heteroatoms. The maximum atomic E-state index is 6.07. The molecule has 1 aliphatic rings. The van der Waals surface area contributed by atoms with Gasteiger partial charge < -0.3 is 14.7 Å². The van der Waals surface area contributed by atoms with E-state index in [1.54, 1.807) is 0 Å². The van der Waals surface area contributed by atoms with E-state index in [-0.39, 0.29) is 0 Å². The molecular formula is C17H18N2O2. The maximum Gasteiger partial charge on any atom is 0.239 e. The summed E-state index contributed by atoms with van der Waals surface area (Å²) in [6.07, 6.45) is 3.11. The van der Waals surface area contributed by atoms with Gasteiger partial charge in [0.25, 0.3) is 0 Å². The van der Waals surface area contributed by atoms with Crippen LogP contribution in [0.5, 0.6) is 0 Å². The molecule has 0 aliphatic heterocycles. The molecule has 0 spiro atoms. The first kappa shape index (κ1) is 12.5. The molecule has 0 atom stereocenters. The highest BCUT2D eigenvalue weighted by Gasteiger charge is 2.23. The summed E-state index contributed by atoms with van der Waals surface area (Å²) >= 11 is 0. The van der Waals surface area contributed by atoms with Gasteiger partial charge in [-0.15, -0.1) is 5.10 Å². The van der Waals surface area contributed by atoms with E-state index < -0.39 is 0 Å². The van der Waals surface area contributed by atoms with E-state index in [1.165, 1.54) is 16.5 Å². The number of hydrogen-bond acceptors (Lipinski definition) is 4. The predicted octanol–water partition coefficient (Wildman–Crippen LogP) is 3.37. The summed E-state index contributed by atoms with van der Waals surface area (Å²) in [5.74, 6) is 6.47. The van der Waals surface area contributed by atoms with Gasteiger partial charge in [-0.05, 0) is 62.8 Å². The Kier molecular flexibility index (Phi) is 2.46. The predicted molar refractivity (Wildman–Crippen MR) is 82.0 cm³/mol. The Hall–Kier alpha value is -2.23. The van der Waals surface area contributed by atoms with Crippen LogP contribution >= 0.6 is 0 Å². The molecule has 2 N–H and O–H groups in total. The Morgan fingerprint density at radius 3 is 2.57 bits per heavy atom. The standard InChI is InChI=1S/C17H18N2O2/c1-8-7-13-15(16-14(8)9(2)10(3)20-16)11-5-4-6-12(11)17(19-18)21-13/h7H,4-6,18H2,1-3H3/b19-17-. The zero-order valence-electron chi connectivity index (χ0n) is 12.5. The second-order valence-corrected chi connectivity index (χ2v) is 5.90. The van der Waals surface area contributed by atoms with Gasteiger partial charge in [-0.3, -0.25) is 0 Å². The van der Waals surface area contributed by atoms with Crippen molar-refractivity contribution >= 4 is 21.9 Å². The van der Waals surface area contributed by atoms with Gasteiger partial charge in [-0.2, -0.15) is 0 Å². The Balaban J connectivity index is 2.32. The van der Waals surface area contributed by atoms with E-state index in [4.69, 9.17) is 14.7 Å². The van der Waals surface area contributed by atoms with E-state index in [0.717, 1.165) is 52.7 Å². The van der Waals surface area contributed by atoms with Crippen molar-refractivity contribution in [2.75, 3.05) is 0 Å². The lowest BCUT2D eigenvalue weighted by Gasteiger charge is -2.08. The van der Waals surface area contributed by atoms with Gasteiger partial charge in [-0.25, -0.2) is 0 Å². The lowest BCUT2D eigenvalue weighted by molar-refractivity contribution is 0.526. The summed E-state index contributed by atoms with van der Waals surface area (Å²) < 4.78 is 12.0. The van der Waals surface area contributed by atoms with Crippen molar-refractivity contribution in [1.82, 2.24) is 0 Å². The van der Waals surface area contributed by atoms with E-state index in [1.807, 2.05) is 6.92 Å². The second-order valence-electron chi connectivity index (χ2n) is 5.90. The smallest absolute Gasteiger partial charge is 0.239 e. The van der Waals surface area contributed by atoms with Crippen molar-refractivity contribution in [1.29, 1.82) is 0 Å². The summed E-state index contributed by atoms with van der Waals surface area (Å²) in [5.41, 5.74) is 7.14. The lowest BCUT2D eigenvalue weighted by atomic mass is 10.00. The molecule has 0 unspecified atom stereocenters. The minimum absolute atomic E-state index is 0.564. The molecular weight excluding hydrogens is 264 g/mol. The molecule has 21 heavy (non-hydrogen) atoms. The molecule has 1 aliphatic carbocycles. The normalized spacial score (nSPS) is 15.3. The highest BCUT2D eigenvalue weighted by Crippen LogP contribution is 2.38. The molecule has 1 aromatic carbocycles. The highest BCUT2D eigenvalue weighted by atomic mass is 16.3. The molecule has 0 amide bonds. The third-order valence-corrected chi connectivity index (χ3v) is 4.70. The Bertz CT molecular complexity index is 961. The highest BCUT2D eigenvalue weighted by molar-refractivity contribution is 6.07. The van der Waals surface area contributed by atoms with Gasteiger partial charge >= 0.3 is 0 Å². The first-order chi connectivity index (χ1) is 10.1. The average molecular weight is 282 g/mol. The van der Waals surface area contributed by atoms with Crippen LogP contribution in [-0.2, 0) is 12.8 Å². The zero-order valence-corrected chi connectivity index (χ0v) is 12.5. The molecule has 0 saturated carbocycles. The summed E-state index contributed by atoms with van der Waals surface area (Å²) in [4.78, 5) is 0. The molecule has 0 bridgehead atoms. The fourth-order valence-electron chi connectivity index (χ4n) is 3.62. The zero-order chi connectivity index (χ0) is 14.7. The Morgan fingerprint density at radius 2 is 1.81 bits per heavy atom. The minimum Gasteiger partial charge on any atom is -0.460 e. The molecule has 0 fully saturated rings. The van der Waals surface area contributed by atoms with Crippen LogP contribution in [0.2, 0.25) is 0 Å². The number of nitrogens with zero attached hydrogens (tertiary/aromatic N) is 1. The third-order valence-electron chi connectivity index (χ3n) is 4.70. The van der Waals surface area contributed by atoms with Crippen molar-refractivity contribution in [3.05, 3.63) is 39.6 Å². The van der Waals surface area contributed by atoms with Gasteiger partial charge in [0.2, 0.25) is 5.55 Å². The molecule has 108 valence electrons. The van der Waals surface area contributed by atoms with E-state index >= 15 is 0 Å². The summed E-state index contributed by atoms with van der Waals surface area (Å²) in [5, 5.41) is 6.14. The monoisotopic (exact) mass is 282 g/mol. The lowest BCUT2D eigenvalue weighted by Crippen LogP contribution is -2.12.